The van der Waals surface area contributed by atoms with Crippen molar-refractivity contribution in [2.45, 2.75) is 64.1 Å². The van der Waals surface area contributed by atoms with Crippen molar-refractivity contribution in [3.05, 3.63) is 70.4 Å². The Labute approximate surface area is 211 Å². The van der Waals surface area contributed by atoms with Gasteiger partial charge in [0.25, 0.3) is 5.91 Å². The molecule has 36 heavy (non-hydrogen) atoms. The molecule has 190 valence electrons. The highest BCUT2D eigenvalue weighted by molar-refractivity contribution is 7.15. The first kappa shape index (κ1) is 24.9. The van der Waals surface area contributed by atoms with E-state index in [0.29, 0.717) is 30.8 Å². The zero-order valence-electron chi connectivity index (χ0n) is 19.9. The molecule has 0 radical (unpaired) electrons. The molecule has 1 aliphatic heterocycles. The molecule has 1 saturated heterocycles. The van der Waals surface area contributed by atoms with Gasteiger partial charge in [-0.15, -0.1) is 11.3 Å². The Morgan fingerprint density at radius 3 is 2.50 bits per heavy atom. The van der Waals surface area contributed by atoms with Crippen molar-refractivity contribution in [2.75, 3.05) is 6.54 Å². The van der Waals surface area contributed by atoms with E-state index in [2.05, 4.69) is 9.97 Å². The van der Waals surface area contributed by atoms with Gasteiger partial charge in [-0.3, -0.25) is 9.78 Å². The summed E-state index contributed by atoms with van der Waals surface area (Å²) in [5.74, 6) is -0.482. The van der Waals surface area contributed by atoms with Crippen LogP contribution in [0.2, 0.25) is 0 Å². The normalized spacial score (nSPS) is 19.4. The maximum absolute atomic E-state index is 13.8. The minimum atomic E-state index is -4.41. The highest BCUT2D eigenvalue weighted by Gasteiger charge is 2.45. The molecule has 2 fully saturated rings. The maximum atomic E-state index is 13.8. The number of benzene rings is 1. The second-order valence-electron chi connectivity index (χ2n) is 9.95. The zero-order chi connectivity index (χ0) is 25.5. The number of pyridine rings is 1. The second-order valence-corrected chi connectivity index (χ2v) is 11.2. The fraction of sp³-hybridized carbons (Fsp3) is 0.444. The van der Waals surface area contributed by atoms with Gasteiger partial charge in [0.15, 0.2) is 0 Å². The highest BCUT2D eigenvalue weighted by Crippen LogP contribution is 2.51. The Bertz CT molecular complexity index is 1230. The van der Waals surface area contributed by atoms with E-state index >= 15 is 0 Å². The summed E-state index contributed by atoms with van der Waals surface area (Å²) in [5, 5.41) is 0.760. The lowest BCUT2D eigenvalue weighted by atomic mass is 9.61. The van der Waals surface area contributed by atoms with Gasteiger partial charge in [0.2, 0.25) is 0 Å². The van der Waals surface area contributed by atoms with E-state index in [9.17, 15) is 22.4 Å². The monoisotopic (exact) mass is 517 g/mol. The van der Waals surface area contributed by atoms with Gasteiger partial charge >= 0.3 is 6.18 Å². The van der Waals surface area contributed by atoms with Crippen molar-refractivity contribution in [2.24, 2.45) is 5.41 Å². The van der Waals surface area contributed by atoms with Gasteiger partial charge in [0, 0.05) is 24.5 Å². The maximum Gasteiger partial charge on any atom is 0.417 e. The number of amides is 1. The fourth-order valence-electron chi connectivity index (χ4n) is 5.47. The number of likely N-dealkylation sites (tertiary alicyclic amines) is 1. The summed E-state index contributed by atoms with van der Waals surface area (Å²) >= 11 is 1.41. The van der Waals surface area contributed by atoms with Crippen LogP contribution < -0.4 is 0 Å². The smallest absolute Gasteiger partial charge is 0.334 e. The molecule has 0 N–H and O–H groups in total. The molecule has 1 spiro atoms. The predicted molar refractivity (Wildman–Crippen MR) is 130 cm³/mol. The van der Waals surface area contributed by atoms with Crippen LogP contribution in [0.1, 0.15) is 65.3 Å². The van der Waals surface area contributed by atoms with Gasteiger partial charge in [-0.2, -0.15) is 13.2 Å². The van der Waals surface area contributed by atoms with Gasteiger partial charge in [-0.05, 0) is 80.7 Å². The molecule has 1 amide bonds. The number of thiazole rings is 1. The van der Waals surface area contributed by atoms with Gasteiger partial charge in [-0.25, -0.2) is 9.37 Å². The first-order valence-corrected chi connectivity index (χ1v) is 13.0. The summed E-state index contributed by atoms with van der Waals surface area (Å²) in [6.45, 7) is 2.48. The van der Waals surface area contributed by atoms with Crippen LogP contribution in [0.25, 0.3) is 10.4 Å². The van der Waals surface area contributed by atoms with Crippen molar-refractivity contribution in [3.8, 4) is 10.4 Å². The SMILES string of the molecule is Cc1nc(C(=O)N2CCC3(CCC3)CC2CCc2ccc(C(F)(F)F)cn2)c(-c2ccc(F)cc2)s1. The van der Waals surface area contributed by atoms with E-state index in [1.54, 1.807) is 12.1 Å². The molecule has 3 heterocycles. The molecule has 1 aliphatic carbocycles. The molecule has 3 aromatic rings. The first-order valence-electron chi connectivity index (χ1n) is 12.2. The molecule has 5 rings (SSSR count). The molecule has 0 bridgehead atoms. The number of hydrogen-bond acceptors (Lipinski definition) is 4. The average Bonchev–Trinajstić information content (AvgIpc) is 3.23. The van der Waals surface area contributed by atoms with Crippen molar-refractivity contribution in [1.82, 2.24) is 14.9 Å². The molecular weight excluding hydrogens is 490 g/mol. The van der Waals surface area contributed by atoms with Gasteiger partial charge in [-0.1, -0.05) is 18.6 Å². The largest absolute Gasteiger partial charge is 0.417 e. The molecule has 1 aromatic carbocycles. The Hall–Kier alpha value is -2.81. The first-order chi connectivity index (χ1) is 17.1. The van der Waals surface area contributed by atoms with Crippen LogP contribution in [0.5, 0.6) is 0 Å². The van der Waals surface area contributed by atoms with Crippen LogP contribution >= 0.6 is 11.3 Å². The van der Waals surface area contributed by atoms with Crippen LogP contribution in [0.4, 0.5) is 17.6 Å². The van der Waals surface area contributed by atoms with E-state index in [0.717, 1.165) is 53.4 Å². The average molecular weight is 518 g/mol. The molecule has 9 heteroatoms. The predicted octanol–water partition coefficient (Wildman–Crippen LogP) is 7.08. The van der Waals surface area contributed by atoms with Crippen molar-refractivity contribution < 1.29 is 22.4 Å². The second kappa shape index (κ2) is 9.57. The minimum absolute atomic E-state index is 0.0429. The molecule has 4 nitrogen and oxygen atoms in total. The van der Waals surface area contributed by atoms with Crippen LogP contribution in [-0.2, 0) is 12.6 Å². The molecule has 1 saturated carbocycles. The lowest BCUT2D eigenvalue weighted by Crippen LogP contribution is -2.52. The zero-order valence-corrected chi connectivity index (χ0v) is 20.8. The third-order valence-electron chi connectivity index (χ3n) is 7.60. The topological polar surface area (TPSA) is 46.1 Å². The number of carbonyl (C=O) groups is 1. The minimum Gasteiger partial charge on any atom is -0.334 e. The molecule has 2 aliphatic rings. The number of aryl methyl sites for hydroxylation is 2. The van der Waals surface area contributed by atoms with Gasteiger partial charge in [0.05, 0.1) is 15.4 Å². The molecule has 2 aromatic heterocycles. The van der Waals surface area contributed by atoms with Crippen molar-refractivity contribution in [1.29, 1.82) is 0 Å². The fourth-order valence-corrected chi connectivity index (χ4v) is 6.38. The summed E-state index contributed by atoms with van der Waals surface area (Å²) < 4.78 is 52.2. The quantitative estimate of drug-likeness (QED) is 0.340. The van der Waals surface area contributed by atoms with Crippen LogP contribution in [-0.4, -0.2) is 33.4 Å². The Morgan fingerprint density at radius 2 is 1.89 bits per heavy atom. The highest BCUT2D eigenvalue weighted by atomic mass is 32.1. The van der Waals surface area contributed by atoms with Crippen LogP contribution in [0, 0.1) is 18.2 Å². The van der Waals surface area contributed by atoms with Crippen LogP contribution in [0.3, 0.4) is 0 Å². The third kappa shape index (κ3) is 5.03. The number of carbonyl (C=O) groups excluding carboxylic acids is 1. The molecule has 1 unspecified atom stereocenters. The van der Waals surface area contributed by atoms with Gasteiger partial charge < -0.3 is 4.90 Å². The van der Waals surface area contributed by atoms with E-state index in [1.165, 1.54) is 36.0 Å². The molecular formula is C27H27F4N3OS. The lowest BCUT2D eigenvalue weighted by Gasteiger charge is -2.51. The Kier molecular flexibility index (Phi) is 6.61. The number of rotatable bonds is 5. The van der Waals surface area contributed by atoms with E-state index in [1.807, 2.05) is 11.8 Å². The van der Waals surface area contributed by atoms with Crippen molar-refractivity contribution in [3.63, 3.8) is 0 Å². The summed E-state index contributed by atoms with van der Waals surface area (Å²) in [4.78, 5) is 25.0. The molecule has 1 atom stereocenters. The Morgan fingerprint density at radius 1 is 1.14 bits per heavy atom. The summed E-state index contributed by atoms with van der Waals surface area (Å²) in [7, 11) is 0. The number of piperidine rings is 1. The number of alkyl halides is 3. The van der Waals surface area contributed by atoms with Gasteiger partial charge in [0.1, 0.15) is 11.5 Å². The third-order valence-corrected chi connectivity index (χ3v) is 8.62. The summed E-state index contributed by atoms with van der Waals surface area (Å²) in [5.41, 5.74) is 1.21. The van der Waals surface area contributed by atoms with Crippen molar-refractivity contribution >= 4 is 17.2 Å². The lowest BCUT2D eigenvalue weighted by molar-refractivity contribution is -0.137. The van der Waals surface area contributed by atoms with E-state index in [4.69, 9.17) is 0 Å². The van der Waals surface area contributed by atoms with E-state index in [-0.39, 0.29) is 23.2 Å². The standard InChI is InChI=1S/C27H27F4N3OS/c1-17-33-23(24(36-17)18-3-6-20(28)7-4-18)25(35)34-14-13-26(11-2-12-26)15-22(34)10-9-21-8-5-19(16-32-21)27(29,30)31/h3-8,16,22H,2,9-15H2,1H3. The Balaban J connectivity index is 1.37. The number of nitrogens with zero attached hydrogens (tertiary/aromatic N) is 3. The van der Waals surface area contributed by atoms with Crippen LogP contribution in [0.15, 0.2) is 42.6 Å². The number of halogens is 4. The van der Waals surface area contributed by atoms with E-state index < -0.39 is 11.7 Å². The summed E-state index contributed by atoms with van der Waals surface area (Å²) in [6, 6.07) is 8.51. The number of aromatic nitrogens is 2. The summed E-state index contributed by atoms with van der Waals surface area (Å²) in [6.07, 6.45) is 2.91. The number of hydrogen-bond donors (Lipinski definition) is 0.